The number of carboxylic acid groups (broad SMARTS) is 1. The van der Waals surface area contributed by atoms with E-state index in [0.29, 0.717) is 17.4 Å². The van der Waals surface area contributed by atoms with Crippen LogP contribution in [0.15, 0.2) is 78.0 Å². The lowest BCUT2D eigenvalue weighted by Gasteiger charge is -2.28. The molecule has 2 heterocycles. The minimum atomic E-state index is -4.45. The number of aryl methyl sites for hydroxylation is 1. The predicted octanol–water partition coefficient (Wildman–Crippen LogP) is 5.70. The van der Waals surface area contributed by atoms with E-state index in [-0.39, 0.29) is 12.2 Å². The topological polar surface area (TPSA) is 134 Å². The van der Waals surface area contributed by atoms with E-state index in [9.17, 15) is 17.2 Å². The van der Waals surface area contributed by atoms with Crippen molar-refractivity contribution < 1.29 is 31.8 Å². The number of benzene rings is 3. The lowest BCUT2D eigenvalue weighted by molar-refractivity contribution is -0.122. The summed E-state index contributed by atoms with van der Waals surface area (Å²) in [5, 5.41) is 10.1. The maximum absolute atomic E-state index is 14.0. The third kappa shape index (κ3) is 8.48. The van der Waals surface area contributed by atoms with Crippen molar-refractivity contribution in [3.8, 4) is 17.0 Å². The van der Waals surface area contributed by atoms with Gasteiger partial charge >= 0.3 is 0 Å². The maximum atomic E-state index is 14.0. The number of carbonyl (C=O) groups is 1. The number of ether oxygens (including phenoxy) is 1. The molecule has 0 amide bonds. The molecule has 1 aliphatic heterocycles. The van der Waals surface area contributed by atoms with Crippen LogP contribution in [0.5, 0.6) is 5.75 Å². The lowest BCUT2D eigenvalue weighted by Crippen LogP contribution is -2.32. The molecule has 232 valence electrons. The molecule has 1 aliphatic rings. The molecule has 0 radical (unpaired) electrons. The van der Waals surface area contributed by atoms with Crippen LogP contribution < -0.4 is 14.8 Å². The standard InChI is InChI=1S/C30H31F2N5O3S.CH2O2/c1-20-16-22(6-11-28(20)40-18-21-12-14-37(2)15-13-21)27-17-29(34-19-33-27)35-23-7-9-24(10-8-23)36-41(38,39)30-25(31)4-3-5-26(30)32;2-1-3/h3-11,16-17,19,21,36H,12-15,18H2,1-2H3,(H,33,34,35);1H,(H,2,3). The molecule has 0 atom stereocenters. The second-order valence-corrected chi connectivity index (χ2v) is 11.9. The van der Waals surface area contributed by atoms with Gasteiger partial charge in [0.05, 0.1) is 12.3 Å². The Hall–Kier alpha value is -4.62. The average molecular weight is 626 g/mol. The Morgan fingerprint density at radius 1 is 1.00 bits per heavy atom. The van der Waals surface area contributed by atoms with Gasteiger partial charge in [-0.05, 0) is 106 Å². The zero-order chi connectivity index (χ0) is 31.7. The van der Waals surface area contributed by atoms with E-state index in [1.165, 1.54) is 18.5 Å². The molecule has 10 nitrogen and oxygen atoms in total. The first-order valence-electron chi connectivity index (χ1n) is 13.8. The summed E-state index contributed by atoms with van der Waals surface area (Å²) >= 11 is 0. The molecule has 13 heteroatoms. The first kappa shape index (κ1) is 32.3. The summed E-state index contributed by atoms with van der Waals surface area (Å²) in [6.45, 7) is 4.70. The number of hydrogen-bond donors (Lipinski definition) is 3. The fourth-order valence-corrected chi connectivity index (χ4v) is 5.90. The number of hydrogen-bond acceptors (Lipinski definition) is 8. The largest absolute Gasteiger partial charge is 0.493 e. The van der Waals surface area contributed by atoms with Gasteiger partial charge in [-0.1, -0.05) is 6.07 Å². The molecular formula is C31H33F2N5O5S. The van der Waals surface area contributed by atoms with E-state index in [4.69, 9.17) is 14.6 Å². The van der Waals surface area contributed by atoms with Crippen molar-refractivity contribution in [1.82, 2.24) is 14.9 Å². The van der Waals surface area contributed by atoms with Gasteiger partial charge in [-0.25, -0.2) is 27.2 Å². The van der Waals surface area contributed by atoms with Gasteiger partial charge in [0.15, 0.2) is 4.90 Å². The fraction of sp³-hybridized carbons (Fsp3) is 0.258. The van der Waals surface area contributed by atoms with Crippen molar-refractivity contribution >= 4 is 33.7 Å². The van der Waals surface area contributed by atoms with Crippen molar-refractivity contribution in [2.75, 3.05) is 36.8 Å². The van der Waals surface area contributed by atoms with E-state index in [0.717, 1.165) is 73.3 Å². The normalized spacial score (nSPS) is 13.8. The minimum Gasteiger partial charge on any atom is -0.493 e. The van der Waals surface area contributed by atoms with Crippen LogP contribution >= 0.6 is 0 Å². The molecule has 1 aromatic heterocycles. The highest BCUT2D eigenvalue weighted by atomic mass is 32.2. The van der Waals surface area contributed by atoms with Crippen molar-refractivity contribution in [3.05, 3.63) is 90.3 Å². The maximum Gasteiger partial charge on any atom is 0.290 e. The van der Waals surface area contributed by atoms with Crippen molar-refractivity contribution in [1.29, 1.82) is 0 Å². The van der Waals surface area contributed by atoms with Gasteiger partial charge in [0.25, 0.3) is 16.5 Å². The number of rotatable bonds is 9. The lowest BCUT2D eigenvalue weighted by atomic mass is 9.98. The van der Waals surface area contributed by atoms with E-state index in [1.807, 2.05) is 31.2 Å². The average Bonchev–Trinajstić information content (AvgIpc) is 2.98. The highest BCUT2D eigenvalue weighted by molar-refractivity contribution is 7.92. The first-order valence-corrected chi connectivity index (χ1v) is 15.2. The molecule has 1 saturated heterocycles. The summed E-state index contributed by atoms with van der Waals surface area (Å²) in [6.07, 6.45) is 3.76. The molecule has 3 N–H and O–H groups in total. The van der Waals surface area contributed by atoms with Crippen LogP contribution in [0.25, 0.3) is 11.3 Å². The van der Waals surface area contributed by atoms with Crippen molar-refractivity contribution in [3.63, 3.8) is 0 Å². The van der Waals surface area contributed by atoms with E-state index >= 15 is 0 Å². The highest BCUT2D eigenvalue weighted by Crippen LogP contribution is 2.28. The number of likely N-dealkylation sites (tertiary alicyclic amines) is 1. The number of anilines is 3. The molecule has 0 unspecified atom stereocenters. The summed E-state index contributed by atoms with van der Waals surface area (Å²) in [4.78, 5) is 18.4. The number of nitrogens with zero attached hydrogens (tertiary/aromatic N) is 3. The SMILES string of the molecule is Cc1cc(-c2cc(Nc3ccc(NS(=O)(=O)c4c(F)cccc4F)cc3)ncn2)ccc1OCC1CCN(C)CC1.O=CO. The van der Waals surface area contributed by atoms with Gasteiger partial charge in [0, 0.05) is 23.0 Å². The predicted molar refractivity (Wildman–Crippen MR) is 164 cm³/mol. The monoisotopic (exact) mass is 625 g/mol. The Morgan fingerprint density at radius 2 is 1.64 bits per heavy atom. The highest BCUT2D eigenvalue weighted by Gasteiger charge is 2.24. The molecule has 0 saturated carbocycles. The summed E-state index contributed by atoms with van der Waals surface area (Å²) in [5.74, 6) is -0.351. The number of nitrogens with one attached hydrogen (secondary N) is 2. The van der Waals surface area contributed by atoms with Gasteiger partial charge in [-0.2, -0.15) is 0 Å². The second kappa shape index (κ2) is 14.7. The number of halogens is 2. The summed E-state index contributed by atoms with van der Waals surface area (Å²) in [7, 11) is -2.30. The zero-order valence-electron chi connectivity index (χ0n) is 24.2. The molecule has 3 aromatic carbocycles. The van der Waals surface area contributed by atoms with E-state index < -0.39 is 26.6 Å². The fourth-order valence-electron chi connectivity index (χ4n) is 4.71. The van der Waals surface area contributed by atoms with Gasteiger partial charge in [0.1, 0.15) is 29.5 Å². The van der Waals surface area contributed by atoms with Gasteiger partial charge in [0.2, 0.25) is 0 Å². The minimum absolute atomic E-state index is 0.148. The summed E-state index contributed by atoms with van der Waals surface area (Å²) in [6, 6.07) is 16.9. The van der Waals surface area contributed by atoms with Crippen LogP contribution in [-0.2, 0) is 14.8 Å². The smallest absolute Gasteiger partial charge is 0.290 e. The quantitative estimate of drug-likeness (QED) is 0.200. The Kier molecular flexibility index (Phi) is 10.8. The first-order chi connectivity index (χ1) is 21.1. The molecule has 4 aromatic rings. The van der Waals surface area contributed by atoms with Crippen LogP contribution in [0.2, 0.25) is 0 Å². The Morgan fingerprint density at radius 3 is 2.27 bits per heavy atom. The molecular weight excluding hydrogens is 592 g/mol. The molecule has 1 fully saturated rings. The van der Waals surface area contributed by atoms with Crippen molar-refractivity contribution in [2.45, 2.75) is 24.7 Å². The third-order valence-electron chi connectivity index (χ3n) is 7.05. The molecule has 5 rings (SSSR count). The molecule has 44 heavy (non-hydrogen) atoms. The van der Waals surface area contributed by atoms with Gasteiger partial charge in [-0.3, -0.25) is 9.52 Å². The number of aromatic nitrogens is 2. The van der Waals surface area contributed by atoms with Gasteiger partial charge in [-0.15, -0.1) is 0 Å². The van der Waals surface area contributed by atoms with Crippen LogP contribution in [-0.4, -0.2) is 61.6 Å². The Labute approximate surface area is 254 Å². The van der Waals surface area contributed by atoms with E-state index in [2.05, 4.69) is 32.0 Å². The number of piperidine rings is 1. The van der Waals surface area contributed by atoms with Gasteiger partial charge < -0.3 is 20.1 Å². The van der Waals surface area contributed by atoms with Crippen LogP contribution in [0, 0.1) is 24.5 Å². The van der Waals surface area contributed by atoms with E-state index in [1.54, 1.807) is 12.1 Å². The summed E-state index contributed by atoms with van der Waals surface area (Å²) < 4.78 is 61.3. The third-order valence-corrected chi connectivity index (χ3v) is 8.48. The van der Waals surface area contributed by atoms with Crippen molar-refractivity contribution in [2.24, 2.45) is 5.92 Å². The van der Waals surface area contributed by atoms with Crippen LogP contribution in [0.3, 0.4) is 0 Å². The molecule has 0 aliphatic carbocycles. The second-order valence-electron chi connectivity index (χ2n) is 10.3. The molecule has 0 spiro atoms. The Balaban J connectivity index is 0.00000141. The van der Waals surface area contributed by atoms with Crippen LogP contribution in [0.4, 0.5) is 26.0 Å². The zero-order valence-corrected chi connectivity index (χ0v) is 25.0. The number of sulfonamides is 1. The van der Waals surface area contributed by atoms with Crippen LogP contribution in [0.1, 0.15) is 18.4 Å². The molecule has 0 bridgehead atoms. The Bertz CT molecular complexity index is 1660. The summed E-state index contributed by atoms with van der Waals surface area (Å²) in [5.41, 5.74) is 3.45.